The lowest BCUT2D eigenvalue weighted by Crippen LogP contribution is -2.58. The van der Waals surface area contributed by atoms with E-state index in [1.807, 2.05) is 30.3 Å². The number of fused-ring (bicyclic) bond motifs is 3. The van der Waals surface area contributed by atoms with Crippen molar-refractivity contribution in [3.63, 3.8) is 0 Å². The summed E-state index contributed by atoms with van der Waals surface area (Å²) in [6.45, 7) is 4.65. The fourth-order valence-electron chi connectivity index (χ4n) is 4.20. The number of nitrogens with zero attached hydrogens (tertiary/aromatic N) is 1. The first-order valence-electron chi connectivity index (χ1n) is 8.95. The van der Waals surface area contributed by atoms with Crippen LogP contribution in [0, 0.1) is 0 Å². The maximum atomic E-state index is 12.3. The molecule has 5 nitrogen and oxygen atoms in total. The Balaban J connectivity index is 1.72. The number of carbonyl (C=O) groups is 2. The molecule has 2 aliphatic heterocycles. The fraction of sp³-hybridized carbons (Fsp3) is 0.273. The van der Waals surface area contributed by atoms with E-state index in [1.54, 1.807) is 12.1 Å². The topological polar surface area (TPSA) is 58.6 Å². The number of hydrogen-bond acceptors (Lipinski definition) is 4. The smallest absolute Gasteiger partial charge is 0.337 e. The molecule has 4 rings (SSSR count). The van der Waals surface area contributed by atoms with Crippen LogP contribution in [0.2, 0.25) is 0 Å². The second-order valence-electron chi connectivity index (χ2n) is 7.49. The van der Waals surface area contributed by atoms with Crippen molar-refractivity contribution >= 4 is 23.6 Å². The zero-order valence-electron chi connectivity index (χ0n) is 15.7. The molecule has 0 radical (unpaired) electrons. The molecule has 0 bridgehead atoms. The molecule has 0 aliphatic carbocycles. The van der Waals surface area contributed by atoms with Crippen LogP contribution in [0.1, 0.15) is 35.3 Å². The number of benzene rings is 2. The predicted octanol–water partition coefficient (Wildman–Crippen LogP) is 3.11. The number of ether oxygens (including phenoxy) is 1. The molecule has 27 heavy (non-hydrogen) atoms. The van der Waals surface area contributed by atoms with Crippen molar-refractivity contribution in [3.8, 4) is 0 Å². The van der Waals surface area contributed by atoms with Gasteiger partial charge in [0.15, 0.2) is 0 Å². The van der Waals surface area contributed by atoms with Crippen molar-refractivity contribution in [2.75, 3.05) is 18.6 Å². The molecule has 1 unspecified atom stereocenters. The highest BCUT2D eigenvalue weighted by Crippen LogP contribution is 2.52. The van der Waals surface area contributed by atoms with Crippen molar-refractivity contribution in [3.05, 3.63) is 71.3 Å². The van der Waals surface area contributed by atoms with Crippen LogP contribution in [0.4, 0.5) is 5.69 Å². The molecule has 1 amide bonds. The SMILES string of the molecule is COC(=O)c1ccc(/C=C/C23NC(=O)CN2c2ccccc2C3(C)C)cc1. The molecule has 1 atom stereocenters. The summed E-state index contributed by atoms with van der Waals surface area (Å²) in [5.41, 5.74) is 2.86. The number of carbonyl (C=O) groups excluding carboxylic acids is 2. The van der Waals surface area contributed by atoms with E-state index in [2.05, 4.69) is 42.3 Å². The van der Waals surface area contributed by atoms with Crippen LogP contribution in [0.25, 0.3) is 6.08 Å². The third-order valence-electron chi connectivity index (χ3n) is 5.73. The Morgan fingerprint density at radius 3 is 2.56 bits per heavy atom. The van der Waals surface area contributed by atoms with E-state index in [1.165, 1.54) is 12.7 Å². The highest BCUT2D eigenvalue weighted by Gasteiger charge is 2.59. The second-order valence-corrected chi connectivity index (χ2v) is 7.49. The standard InChI is InChI=1S/C22H22N2O3/c1-21(2)17-6-4-5-7-18(17)24-14-19(25)23-22(21,24)13-12-15-8-10-16(11-9-15)20(26)27-3/h4-13H,14H2,1-3H3,(H,23,25)/b13-12+. The normalized spacial score (nSPS) is 22.5. The van der Waals surface area contributed by atoms with Gasteiger partial charge in [0, 0.05) is 11.1 Å². The maximum Gasteiger partial charge on any atom is 0.337 e. The van der Waals surface area contributed by atoms with Gasteiger partial charge in [-0.3, -0.25) is 4.79 Å². The van der Waals surface area contributed by atoms with Crippen LogP contribution >= 0.6 is 0 Å². The van der Waals surface area contributed by atoms with Crippen LogP contribution in [0.5, 0.6) is 0 Å². The van der Waals surface area contributed by atoms with E-state index in [9.17, 15) is 9.59 Å². The summed E-state index contributed by atoms with van der Waals surface area (Å²) in [6, 6.07) is 15.5. The predicted molar refractivity (Wildman–Crippen MR) is 105 cm³/mol. The van der Waals surface area contributed by atoms with E-state index < -0.39 is 5.66 Å². The fourth-order valence-corrected chi connectivity index (χ4v) is 4.20. The third kappa shape index (κ3) is 2.46. The second kappa shape index (κ2) is 5.98. The number of anilines is 1. The number of esters is 1. The summed E-state index contributed by atoms with van der Waals surface area (Å²) in [5, 5.41) is 3.20. The first-order chi connectivity index (χ1) is 12.9. The van der Waals surface area contributed by atoms with E-state index >= 15 is 0 Å². The molecule has 1 fully saturated rings. The number of para-hydroxylation sites is 1. The molecular weight excluding hydrogens is 340 g/mol. The highest BCUT2D eigenvalue weighted by molar-refractivity contribution is 5.92. The molecule has 5 heteroatoms. The molecule has 2 aromatic rings. The van der Waals surface area contributed by atoms with E-state index in [0.717, 1.165) is 11.3 Å². The summed E-state index contributed by atoms with van der Waals surface area (Å²) in [4.78, 5) is 26.0. The minimum Gasteiger partial charge on any atom is -0.465 e. The van der Waals surface area contributed by atoms with Crippen molar-refractivity contribution < 1.29 is 14.3 Å². The number of amides is 1. The summed E-state index contributed by atoms with van der Waals surface area (Å²) in [5.74, 6) is -0.339. The van der Waals surface area contributed by atoms with Crippen LogP contribution in [-0.4, -0.2) is 31.2 Å². The molecule has 2 heterocycles. The molecule has 1 N–H and O–H groups in total. The average molecular weight is 362 g/mol. The van der Waals surface area contributed by atoms with Crippen LogP contribution in [0.3, 0.4) is 0 Å². The number of nitrogens with one attached hydrogen (secondary N) is 1. The van der Waals surface area contributed by atoms with Crippen LogP contribution in [-0.2, 0) is 14.9 Å². The largest absolute Gasteiger partial charge is 0.465 e. The monoisotopic (exact) mass is 362 g/mol. The molecule has 0 aromatic heterocycles. The van der Waals surface area contributed by atoms with Crippen molar-refractivity contribution in [2.45, 2.75) is 24.9 Å². The molecule has 0 spiro atoms. The lowest BCUT2D eigenvalue weighted by atomic mass is 9.75. The summed E-state index contributed by atoms with van der Waals surface area (Å²) in [6.07, 6.45) is 4.05. The van der Waals surface area contributed by atoms with Gasteiger partial charge in [0.2, 0.25) is 5.91 Å². The summed E-state index contributed by atoms with van der Waals surface area (Å²) < 4.78 is 4.74. The van der Waals surface area contributed by atoms with Gasteiger partial charge < -0.3 is 15.0 Å². The Labute approximate surface area is 158 Å². The Morgan fingerprint density at radius 1 is 1.15 bits per heavy atom. The summed E-state index contributed by atoms with van der Waals surface area (Å²) >= 11 is 0. The molecule has 2 aliphatic rings. The molecule has 138 valence electrons. The first-order valence-corrected chi connectivity index (χ1v) is 8.95. The minimum atomic E-state index is -0.616. The Bertz CT molecular complexity index is 946. The van der Waals surface area contributed by atoms with Gasteiger partial charge >= 0.3 is 5.97 Å². The van der Waals surface area contributed by atoms with Crippen LogP contribution in [0.15, 0.2) is 54.6 Å². The van der Waals surface area contributed by atoms with Crippen LogP contribution < -0.4 is 10.2 Å². The molecule has 0 saturated carbocycles. The Hall–Kier alpha value is -3.08. The highest BCUT2D eigenvalue weighted by atomic mass is 16.5. The van der Waals surface area contributed by atoms with E-state index in [-0.39, 0.29) is 17.3 Å². The number of methoxy groups -OCH3 is 1. The van der Waals surface area contributed by atoms with E-state index in [4.69, 9.17) is 4.74 Å². The van der Waals surface area contributed by atoms with Gasteiger partial charge in [-0.25, -0.2) is 4.79 Å². The Morgan fingerprint density at radius 2 is 1.85 bits per heavy atom. The molecule has 1 saturated heterocycles. The first kappa shape index (κ1) is 17.3. The number of hydrogen-bond donors (Lipinski definition) is 1. The minimum absolute atomic E-state index is 0.0169. The van der Waals surface area contributed by atoms with Crippen molar-refractivity contribution in [2.24, 2.45) is 0 Å². The van der Waals surface area contributed by atoms with Crippen molar-refractivity contribution in [1.82, 2.24) is 5.32 Å². The Kier molecular flexibility index (Phi) is 3.84. The van der Waals surface area contributed by atoms with Gasteiger partial charge in [0.05, 0.1) is 19.2 Å². The average Bonchev–Trinajstić information content (AvgIpc) is 3.11. The van der Waals surface area contributed by atoms with Gasteiger partial charge in [0.25, 0.3) is 0 Å². The van der Waals surface area contributed by atoms with Gasteiger partial charge in [-0.05, 0) is 35.4 Å². The van der Waals surface area contributed by atoms with Crippen molar-refractivity contribution in [1.29, 1.82) is 0 Å². The number of rotatable bonds is 3. The molecule has 2 aromatic carbocycles. The van der Waals surface area contributed by atoms with Gasteiger partial charge in [-0.2, -0.15) is 0 Å². The van der Waals surface area contributed by atoms with E-state index in [0.29, 0.717) is 12.1 Å². The molecular formula is C22H22N2O3. The van der Waals surface area contributed by atoms with Gasteiger partial charge in [0.1, 0.15) is 5.66 Å². The van der Waals surface area contributed by atoms with Gasteiger partial charge in [-0.1, -0.05) is 50.3 Å². The zero-order chi connectivity index (χ0) is 19.2. The summed E-state index contributed by atoms with van der Waals surface area (Å²) in [7, 11) is 1.37. The zero-order valence-corrected chi connectivity index (χ0v) is 15.7. The third-order valence-corrected chi connectivity index (χ3v) is 5.73. The lowest BCUT2D eigenvalue weighted by Gasteiger charge is -2.40. The lowest BCUT2D eigenvalue weighted by molar-refractivity contribution is -0.118. The maximum absolute atomic E-state index is 12.3. The quantitative estimate of drug-likeness (QED) is 0.853. The van der Waals surface area contributed by atoms with Gasteiger partial charge in [-0.15, -0.1) is 0 Å².